The molecule has 0 fully saturated rings. The lowest BCUT2D eigenvalue weighted by molar-refractivity contribution is -0.121. The minimum atomic E-state index is -1.20. The summed E-state index contributed by atoms with van der Waals surface area (Å²) >= 11 is 17.9. The van der Waals surface area contributed by atoms with E-state index in [0.29, 0.717) is 27.1 Å². The van der Waals surface area contributed by atoms with Crippen molar-refractivity contribution in [3.8, 4) is 11.3 Å². The van der Waals surface area contributed by atoms with Gasteiger partial charge in [0.25, 0.3) is 0 Å². The molecule has 150 valence electrons. The Balaban J connectivity index is 1.57. The van der Waals surface area contributed by atoms with Gasteiger partial charge >= 0.3 is 5.97 Å². The van der Waals surface area contributed by atoms with Crippen molar-refractivity contribution < 1.29 is 23.8 Å². The van der Waals surface area contributed by atoms with Gasteiger partial charge in [0, 0.05) is 15.6 Å². The third-order valence-corrected chi connectivity index (χ3v) is 4.62. The highest BCUT2D eigenvalue weighted by Crippen LogP contribution is 2.32. The van der Waals surface area contributed by atoms with Crippen LogP contribution in [0.1, 0.15) is 16.1 Å². The summed E-state index contributed by atoms with van der Waals surface area (Å²) in [5, 5.41) is 12.9. The van der Waals surface area contributed by atoms with E-state index in [0.717, 1.165) is 0 Å². The predicted molar refractivity (Wildman–Crippen MR) is 111 cm³/mol. The Hall–Kier alpha value is -2.51. The van der Waals surface area contributed by atoms with Gasteiger partial charge in [-0.15, -0.1) is 0 Å². The van der Waals surface area contributed by atoms with Crippen LogP contribution in [-0.2, 0) is 16.1 Å². The van der Waals surface area contributed by atoms with Crippen LogP contribution in [0.25, 0.3) is 11.3 Å². The van der Waals surface area contributed by atoms with Crippen LogP contribution in [0.4, 0.5) is 5.69 Å². The molecule has 0 aliphatic rings. The number of carboxylic acid groups (broad SMARTS) is 1. The zero-order chi connectivity index (χ0) is 21.0. The van der Waals surface area contributed by atoms with E-state index in [1.54, 1.807) is 30.3 Å². The van der Waals surface area contributed by atoms with Gasteiger partial charge in [-0.3, -0.25) is 4.79 Å². The van der Waals surface area contributed by atoms with E-state index >= 15 is 0 Å². The fraction of sp³-hybridized carbons (Fsp3) is 0.100. The Bertz CT molecular complexity index is 1060. The van der Waals surface area contributed by atoms with Gasteiger partial charge in [-0.25, -0.2) is 4.79 Å². The fourth-order valence-corrected chi connectivity index (χ4v) is 3.07. The van der Waals surface area contributed by atoms with Crippen LogP contribution in [0.2, 0.25) is 15.1 Å². The lowest BCUT2D eigenvalue weighted by Gasteiger charge is -2.09. The van der Waals surface area contributed by atoms with E-state index in [1.165, 1.54) is 18.2 Å². The summed E-state index contributed by atoms with van der Waals surface area (Å²) in [7, 11) is 0. The molecule has 6 nitrogen and oxygen atoms in total. The zero-order valence-electron chi connectivity index (χ0n) is 14.7. The van der Waals surface area contributed by atoms with Crippen LogP contribution < -0.4 is 5.32 Å². The third kappa shape index (κ3) is 5.52. The first-order chi connectivity index (χ1) is 13.8. The Kier molecular flexibility index (Phi) is 6.82. The first kappa shape index (κ1) is 21.2. The van der Waals surface area contributed by atoms with Crippen LogP contribution in [-0.4, -0.2) is 23.6 Å². The highest BCUT2D eigenvalue weighted by Gasteiger charge is 2.14. The maximum absolute atomic E-state index is 12.0. The van der Waals surface area contributed by atoms with Crippen molar-refractivity contribution in [3.63, 3.8) is 0 Å². The molecule has 0 spiro atoms. The van der Waals surface area contributed by atoms with E-state index in [9.17, 15) is 14.7 Å². The number of carbonyl (C=O) groups is 2. The number of nitrogens with one attached hydrogen (secondary N) is 1. The van der Waals surface area contributed by atoms with Crippen molar-refractivity contribution in [1.29, 1.82) is 0 Å². The minimum absolute atomic E-state index is 0.0397. The normalized spacial score (nSPS) is 10.7. The van der Waals surface area contributed by atoms with Crippen molar-refractivity contribution in [2.75, 3.05) is 11.9 Å². The van der Waals surface area contributed by atoms with Gasteiger partial charge in [0.2, 0.25) is 5.91 Å². The van der Waals surface area contributed by atoms with E-state index in [1.807, 2.05) is 0 Å². The monoisotopic (exact) mass is 453 g/mol. The molecule has 0 saturated carbocycles. The Morgan fingerprint density at radius 3 is 2.48 bits per heavy atom. The second-order valence-corrected chi connectivity index (χ2v) is 7.21. The predicted octanol–water partition coefficient (Wildman–Crippen LogP) is 5.76. The van der Waals surface area contributed by atoms with Crippen LogP contribution in [0.3, 0.4) is 0 Å². The van der Waals surface area contributed by atoms with E-state index in [4.69, 9.17) is 44.0 Å². The first-order valence-electron chi connectivity index (χ1n) is 8.28. The average Bonchev–Trinajstić information content (AvgIpc) is 3.13. The summed E-state index contributed by atoms with van der Waals surface area (Å²) in [4.78, 5) is 23.3. The summed E-state index contributed by atoms with van der Waals surface area (Å²) < 4.78 is 11.0. The second kappa shape index (κ2) is 9.33. The van der Waals surface area contributed by atoms with Gasteiger partial charge in [-0.05, 0) is 48.5 Å². The molecule has 29 heavy (non-hydrogen) atoms. The summed E-state index contributed by atoms with van der Waals surface area (Å²) in [5.74, 6) is -0.708. The van der Waals surface area contributed by atoms with E-state index < -0.39 is 11.9 Å². The Morgan fingerprint density at radius 2 is 1.72 bits per heavy atom. The number of amides is 1. The van der Waals surface area contributed by atoms with Crippen molar-refractivity contribution in [1.82, 2.24) is 0 Å². The standard InChI is InChI=1S/C20H14Cl3NO5/c21-11-1-4-16(23)14(7-11)18-6-3-13(29-18)9-28-10-19(25)24-17-5-2-12(22)8-15(17)20(26)27/h1-8H,9-10H2,(H,24,25)(H,26,27). The highest BCUT2D eigenvalue weighted by atomic mass is 35.5. The molecule has 0 bridgehead atoms. The fourth-order valence-electron chi connectivity index (χ4n) is 2.52. The summed E-state index contributed by atoms with van der Waals surface area (Å²) in [6.45, 7) is -0.256. The maximum atomic E-state index is 12.0. The molecular weight excluding hydrogens is 441 g/mol. The summed E-state index contributed by atoms with van der Waals surface area (Å²) in [5.41, 5.74) is 0.665. The summed E-state index contributed by atoms with van der Waals surface area (Å²) in [6.07, 6.45) is 0. The number of carbonyl (C=O) groups excluding carboxylic acids is 1. The molecule has 0 aliphatic heterocycles. The molecule has 0 radical (unpaired) electrons. The third-order valence-electron chi connectivity index (χ3n) is 3.82. The molecule has 3 aromatic rings. The molecule has 1 heterocycles. The van der Waals surface area contributed by atoms with Crippen molar-refractivity contribution in [2.45, 2.75) is 6.61 Å². The molecule has 1 aromatic heterocycles. The van der Waals surface area contributed by atoms with Gasteiger partial charge in [-0.1, -0.05) is 34.8 Å². The van der Waals surface area contributed by atoms with Crippen LogP contribution in [0.5, 0.6) is 0 Å². The maximum Gasteiger partial charge on any atom is 0.337 e. The number of halogens is 3. The topological polar surface area (TPSA) is 88.8 Å². The number of rotatable bonds is 7. The molecule has 1 amide bonds. The lowest BCUT2D eigenvalue weighted by atomic mass is 10.2. The van der Waals surface area contributed by atoms with Crippen molar-refractivity contribution >= 4 is 52.4 Å². The van der Waals surface area contributed by atoms with Crippen LogP contribution in [0, 0.1) is 0 Å². The van der Waals surface area contributed by atoms with Crippen molar-refractivity contribution in [3.05, 3.63) is 74.9 Å². The molecule has 2 N–H and O–H groups in total. The number of benzene rings is 2. The zero-order valence-corrected chi connectivity index (χ0v) is 17.0. The average molecular weight is 455 g/mol. The van der Waals surface area contributed by atoms with Gasteiger partial charge in [-0.2, -0.15) is 0 Å². The number of anilines is 1. The number of hydrogen-bond acceptors (Lipinski definition) is 4. The van der Waals surface area contributed by atoms with Gasteiger partial charge < -0.3 is 19.6 Å². The Morgan fingerprint density at radius 1 is 1.00 bits per heavy atom. The molecule has 2 aromatic carbocycles. The number of carboxylic acids is 1. The van der Waals surface area contributed by atoms with Gasteiger partial charge in [0.15, 0.2) is 0 Å². The second-order valence-electron chi connectivity index (χ2n) is 5.93. The number of furan rings is 1. The number of aromatic carboxylic acids is 1. The quantitative estimate of drug-likeness (QED) is 0.474. The summed E-state index contributed by atoms with van der Waals surface area (Å²) in [6, 6.07) is 12.6. The van der Waals surface area contributed by atoms with Crippen LogP contribution >= 0.6 is 34.8 Å². The van der Waals surface area contributed by atoms with E-state index in [2.05, 4.69) is 5.32 Å². The molecule has 0 aliphatic carbocycles. The molecular formula is C20H14Cl3NO5. The molecule has 0 atom stereocenters. The smallest absolute Gasteiger partial charge is 0.337 e. The van der Waals surface area contributed by atoms with Crippen molar-refractivity contribution in [2.24, 2.45) is 0 Å². The van der Waals surface area contributed by atoms with Crippen LogP contribution in [0.15, 0.2) is 52.9 Å². The molecule has 0 unspecified atom stereocenters. The minimum Gasteiger partial charge on any atom is -0.478 e. The van der Waals surface area contributed by atoms with Gasteiger partial charge in [0.1, 0.15) is 24.7 Å². The highest BCUT2D eigenvalue weighted by molar-refractivity contribution is 6.35. The molecule has 0 saturated heterocycles. The lowest BCUT2D eigenvalue weighted by Crippen LogP contribution is -2.19. The first-order valence-corrected chi connectivity index (χ1v) is 9.41. The largest absolute Gasteiger partial charge is 0.478 e. The Labute approximate surface area is 180 Å². The van der Waals surface area contributed by atoms with E-state index in [-0.39, 0.29) is 29.5 Å². The molecule has 3 rings (SSSR count). The number of hydrogen-bond donors (Lipinski definition) is 2. The number of ether oxygens (including phenoxy) is 1. The molecule has 9 heteroatoms. The SMILES string of the molecule is O=C(COCc1ccc(-c2cc(Cl)ccc2Cl)o1)Nc1ccc(Cl)cc1C(=O)O. The van der Waals surface area contributed by atoms with Gasteiger partial charge in [0.05, 0.1) is 16.3 Å².